The molecule has 0 spiro atoms. The first-order valence-corrected chi connectivity index (χ1v) is 7.48. The lowest BCUT2D eigenvalue weighted by atomic mass is 10.1. The molecule has 4 aromatic rings. The quantitative estimate of drug-likeness (QED) is 0.531. The second-order valence-corrected chi connectivity index (χ2v) is 5.90. The van der Waals surface area contributed by atoms with Gasteiger partial charge in [0, 0.05) is 10.9 Å². The molecular formula is C16H12N2O2S. The first-order chi connectivity index (χ1) is 10.2. The summed E-state index contributed by atoms with van der Waals surface area (Å²) in [5.41, 5.74) is 3.08. The molecule has 0 aliphatic carbocycles. The SMILES string of the molecule is Cc1ccc2oc(-c3noc(-c4cccs4)n3)c(C)c2c1. The third-order valence-electron chi connectivity index (χ3n) is 3.45. The average Bonchev–Trinajstić information content (AvgIpc) is 3.18. The van der Waals surface area contributed by atoms with E-state index in [1.54, 1.807) is 11.3 Å². The molecule has 4 nitrogen and oxygen atoms in total. The van der Waals surface area contributed by atoms with Gasteiger partial charge in [0.25, 0.3) is 5.89 Å². The Morgan fingerprint density at radius 3 is 2.86 bits per heavy atom. The Morgan fingerprint density at radius 1 is 1.14 bits per heavy atom. The number of aryl methyl sites for hydroxylation is 2. The van der Waals surface area contributed by atoms with E-state index in [4.69, 9.17) is 8.94 Å². The zero-order valence-corrected chi connectivity index (χ0v) is 12.4. The van der Waals surface area contributed by atoms with Crippen molar-refractivity contribution in [2.45, 2.75) is 13.8 Å². The van der Waals surface area contributed by atoms with Gasteiger partial charge in [-0.3, -0.25) is 0 Å². The summed E-state index contributed by atoms with van der Waals surface area (Å²) in [6.45, 7) is 4.08. The lowest BCUT2D eigenvalue weighted by Crippen LogP contribution is -1.80. The van der Waals surface area contributed by atoms with E-state index in [1.165, 1.54) is 5.56 Å². The molecule has 5 heteroatoms. The monoisotopic (exact) mass is 296 g/mol. The van der Waals surface area contributed by atoms with Crippen molar-refractivity contribution in [3.63, 3.8) is 0 Å². The molecule has 3 aromatic heterocycles. The predicted molar refractivity (Wildman–Crippen MR) is 82.3 cm³/mol. The Morgan fingerprint density at radius 2 is 2.05 bits per heavy atom. The second-order valence-electron chi connectivity index (χ2n) is 4.96. The Balaban J connectivity index is 1.85. The van der Waals surface area contributed by atoms with E-state index in [-0.39, 0.29) is 0 Å². The highest BCUT2D eigenvalue weighted by atomic mass is 32.1. The maximum atomic E-state index is 5.89. The number of fused-ring (bicyclic) bond motifs is 1. The first-order valence-electron chi connectivity index (χ1n) is 6.60. The number of benzene rings is 1. The minimum Gasteiger partial charge on any atom is -0.452 e. The maximum absolute atomic E-state index is 5.89. The van der Waals surface area contributed by atoms with Crippen LogP contribution in [0.3, 0.4) is 0 Å². The molecular weight excluding hydrogens is 284 g/mol. The van der Waals surface area contributed by atoms with Gasteiger partial charge < -0.3 is 8.94 Å². The zero-order chi connectivity index (χ0) is 14.4. The van der Waals surface area contributed by atoms with Gasteiger partial charge >= 0.3 is 0 Å². The fraction of sp³-hybridized carbons (Fsp3) is 0.125. The lowest BCUT2D eigenvalue weighted by molar-refractivity contribution is 0.431. The van der Waals surface area contributed by atoms with Gasteiger partial charge in [-0.05, 0) is 37.4 Å². The standard InChI is InChI=1S/C16H12N2O2S/c1-9-5-6-12-11(8-9)10(2)14(19-12)15-17-16(20-18-15)13-4-3-7-21-13/h3-8H,1-2H3. The van der Waals surface area contributed by atoms with Crippen molar-refractivity contribution < 1.29 is 8.94 Å². The molecule has 0 fully saturated rings. The fourth-order valence-electron chi connectivity index (χ4n) is 2.36. The van der Waals surface area contributed by atoms with Crippen LogP contribution in [0.1, 0.15) is 11.1 Å². The van der Waals surface area contributed by atoms with Crippen molar-refractivity contribution in [1.29, 1.82) is 0 Å². The van der Waals surface area contributed by atoms with Crippen LogP contribution in [0.4, 0.5) is 0 Å². The van der Waals surface area contributed by atoms with Crippen LogP contribution < -0.4 is 0 Å². The highest BCUT2D eigenvalue weighted by molar-refractivity contribution is 7.13. The number of rotatable bonds is 2. The molecule has 0 bridgehead atoms. The van der Waals surface area contributed by atoms with E-state index in [2.05, 4.69) is 23.1 Å². The van der Waals surface area contributed by atoms with Crippen LogP contribution in [0.2, 0.25) is 0 Å². The van der Waals surface area contributed by atoms with Crippen LogP contribution in [-0.4, -0.2) is 10.1 Å². The Labute approximate surface area is 125 Å². The van der Waals surface area contributed by atoms with Gasteiger partial charge in [-0.2, -0.15) is 4.98 Å². The molecule has 0 N–H and O–H groups in total. The highest BCUT2D eigenvalue weighted by Crippen LogP contribution is 2.33. The summed E-state index contributed by atoms with van der Waals surface area (Å²) in [5.74, 6) is 1.68. The van der Waals surface area contributed by atoms with Gasteiger partial charge in [-0.1, -0.05) is 22.9 Å². The number of hydrogen-bond donors (Lipinski definition) is 0. The number of furan rings is 1. The number of thiophene rings is 1. The topological polar surface area (TPSA) is 52.1 Å². The van der Waals surface area contributed by atoms with Crippen LogP contribution in [0.5, 0.6) is 0 Å². The zero-order valence-electron chi connectivity index (χ0n) is 11.6. The maximum Gasteiger partial charge on any atom is 0.268 e. The summed E-state index contributed by atoms with van der Waals surface area (Å²) in [6, 6.07) is 10.0. The molecule has 0 saturated carbocycles. The number of hydrogen-bond acceptors (Lipinski definition) is 5. The van der Waals surface area contributed by atoms with E-state index < -0.39 is 0 Å². The molecule has 0 aliphatic heterocycles. The molecule has 0 aliphatic rings. The highest BCUT2D eigenvalue weighted by Gasteiger charge is 2.18. The molecule has 3 heterocycles. The summed E-state index contributed by atoms with van der Waals surface area (Å²) < 4.78 is 11.2. The van der Waals surface area contributed by atoms with Crippen LogP contribution in [0.25, 0.3) is 33.3 Å². The first kappa shape index (κ1) is 12.3. The van der Waals surface area contributed by atoms with Gasteiger partial charge in [0.2, 0.25) is 5.82 Å². The van der Waals surface area contributed by atoms with E-state index in [0.717, 1.165) is 21.4 Å². The largest absolute Gasteiger partial charge is 0.452 e. The lowest BCUT2D eigenvalue weighted by Gasteiger charge is -1.91. The number of aromatic nitrogens is 2. The van der Waals surface area contributed by atoms with E-state index >= 15 is 0 Å². The molecule has 1 aromatic carbocycles. The summed E-state index contributed by atoms with van der Waals surface area (Å²) >= 11 is 1.57. The third kappa shape index (κ3) is 1.97. The summed E-state index contributed by atoms with van der Waals surface area (Å²) in [6.07, 6.45) is 0. The fourth-order valence-corrected chi connectivity index (χ4v) is 3.01. The molecule has 0 radical (unpaired) electrons. The van der Waals surface area contributed by atoms with Crippen molar-refractivity contribution >= 4 is 22.3 Å². The summed E-state index contributed by atoms with van der Waals surface area (Å²) in [5, 5.41) is 7.12. The Bertz CT molecular complexity index is 919. The third-order valence-corrected chi connectivity index (χ3v) is 4.31. The average molecular weight is 296 g/mol. The molecule has 0 saturated heterocycles. The Kier molecular flexibility index (Phi) is 2.68. The molecule has 0 unspecified atom stereocenters. The van der Waals surface area contributed by atoms with Crippen molar-refractivity contribution in [2.75, 3.05) is 0 Å². The van der Waals surface area contributed by atoms with Crippen LogP contribution in [0, 0.1) is 13.8 Å². The minimum absolute atomic E-state index is 0.491. The summed E-state index contributed by atoms with van der Waals surface area (Å²) in [7, 11) is 0. The minimum atomic E-state index is 0.491. The van der Waals surface area contributed by atoms with Crippen LogP contribution in [0.15, 0.2) is 44.7 Å². The molecule has 4 rings (SSSR count). The molecule has 0 atom stereocenters. The van der Waals surface area contributed by atoms with Crippen LogP contribution >= 0.6 is 11.3 Å². The normalized spacial score (nSPS) is 11.3. The smallest absolute Gasteiger partial charge is 0.268 e. The Hall–Kier alpha value is -2.40. The van der Waals surface area contributed by atoms with Gasteiger partial charge in [0.15, 0.2) is 5.76 Å². The summed E-state index contributed by atoms with van der Waals surface area (Å²) in [4.78, 5) is 5.40. The van der Waals surface area contributed by atoms with Crippen LogP contribution in [-0.2, 0) is 0 Å². The predicted octanol–water partition coefficient (Wildman–Crippen LogP) is 4.83. The van der Waals surface area contributed by atoms with Gasteiger partial charge in [-0.15, -0.1) is 11.3 Å². The van der Waals surface area contributed by atoms with Crippen molar-refractivity contribution in [3.05, 3.63) is 46.8 Å². The number of nitrogens with zero attached hydrogens (tertiary/aromatic N) is 2. The van der Waals surface area contributed by atoms with Crippen molar-refractivity contribution in [2.24, 2.45) is 0 Å². The van der Waals surface area contributed by atoms with Gasteiger partial charge in [-0.25, -0.2) is 0 Å². The molecule has 104 valence electrons. The van der Waals surface area contributed by atoms with Gasteiger partial charge in [0.05, 0.1) is 4.88 Å². The van der Waals surface area contributed by atoms with Crippen molar-refractivity contribution in [1.82, 2.24) is 10.1 Å². The molecule has 21 heavy (non-hydrogen) atoms. The van der Waals surface area contributed by atoms with E-state index in [0.29, 0.717) is 17.5 Å². The van der Waals surface area contributed by atoms with E-state index in [1.807, 2.05) is 36.6 Å². The molecule has 0 amide bonds. The second kappa shape index (κ2) is 4.56. The van der Waals surface area contributed by atoms with Crippen molar-refractivity contribution in [3.8, 4) is 22.4 Å². The van der Waals surface area contributed by atoms with E-state index in [9.17, 15) is 0 Å². The van der Waals surface area contributed by atoms with Gasteiger partial charge in [0.1, 0.15) is 5.58 Å².